The van der Waals surface area contributed by atoms with Gasteiger partial charge in [0.2, 0.25) is 0 Å². The third-order valence-electron chi connectivity index (χ3n) is 2.04. The van der Waals surface area contributed by atoms with E-state index in [1.807, 2.05) is 17.8 Å². The molecule has 0 saturated carbocycles. The van der Waals surface area contributed by atoms with Gasteiger partial charge in [-0.1, -0.05) is 29.8 Å². The van der Waals surface area contributed by atoms with Crippen molar-refractivity contribution in [3.63, 3.8) is 0 Å². The molecule has 0 N–H and O–H groups in total. The second-order valence-corrected chi connectivity index (χ2v) is 4.75. The molecule has 15 heavy (non-hydrogen) atoms. The Kier molecular flexibility index (Phi) is 4.76. The van der Waals surface area contributed by atoms with Gasteiger partial charge in [0.25, 0.3) is 0 Å². The molecule has 1 aromatic rings. The Morgan fingerprint density at radius 1 is 1.47 bits per heavy atom. The molecular weight excluding hydrogens is 204 g/mol. The van der Waals surface area contributed by atoms with Crippen LogP contribution in [0.15, 0.2) is 30.4 Å². The van der Waals surface area contributed by atoms with Crippen molar-refractivity contribution in [2.75, 3.05) is 12.9 Å². The third kappa shape index (κ3) is 4.00. The monoisotopic (exact) mass is 222 g/mol. The van der Waals surface area contributed by atoms with Gasteiger partial charge in [-0.15, -0.1) is 0 Å². The molecule has 1 rings (SSSR count). The summed E-state index contributed by atoms with van der Waals surface area (Å²) >= 11 is 1.87. The average molecular weight is 222 g/mol. The van der Waals surface area contributed by atoms with E-state index in [-0.39, 0.29) is 0 Å². The fraction of sp³-hybridized carbons (Fsp3) is 0.385. The van der Waals surface area contributed by atoms with E-state index in [2.05, 4.69) is 32.6 Å². The van der Waals surface area contributed by atoms with Crippen LogP contribution in [-0.4, -0.2) is 12.9 Å². The van der Waals surface area contributed by atoms with Gasteiger partial charge in [0.15, 0.2) is 0 Å². The Balaban J connectivity index is 2.65. The molecule has 82 valence electrons. The molecule has 0 atom stereocenters. The van der Waals surface area contributed by atoms with Crippen LogP contribution >= 0.6 is 11.8 Å². The van der Waals surface area contributed by atoms with Gasteiger partial charge in [-0.25, -0.2) is 0 Å². The smallest absolute Gasteiger partial charge is 0.122 e. The molecule has 0 aliphatic heterocycles. The summed E-state index contributed by atoms with van der Waals surface area (Å²) in [6.07, 6.45) is 0. The van der Waals surface area contributed by atoms with Gasteiger partial charge < -0.3 is 4.74 Å². The van der Waals surface area contributed by atoms with Crippen molar-refractivity contribution in [2.24, 2.45) is 0 Å². The first-order chi connectivity index (χ1) is 7.13. The molecule has 0 aliphatic rings. The molecule has 0 amide bonds. The summed E-state index contributed by atoms with van der Waals surface area (Å²) in [6, 6.07) is 6.29. The normalized spacial score (nSPS) is 10.1. The SMILES string of the molecule is C=C(C)CSCc1cc(C)ccc1OC. The van der Waals surface area contributed by atoms with E-state index in [1.165, 1.54) is 16.7 Å². The Labute approximate surface area is 96.5 Å². The fourth-order valence-electron chi connectivity index (χ4n) is 1.36. The number of rotatable bonds is 5. The molecule has 0 heterocycles. The summed E-state index contributed by atoms with van der Waals surface area (Å²) in [6.45, 7) is 8.05. The Hall–Kier alpha value is -0.890. The van der Waals surface area contributed by atoms with Crippen LogP contribution in [0.1, 0.15) is 18.1 Å². The molecular formula is C13H18OS. The minimum absolute atomic E-state index is 0.981. The first kappa shape index (κ1) is 12.2. The van der Waals surface area contributed by atoms with Gasteiger partial charge >= 0.3 is 0 Å². The molecule has 0 bridgehead atoms. The van der Waals surface area contributed by atoms with Crippen molar-refractivity contribution in [1.29, 1.82) is 0 Å². The van der Waals surface area contributed by atoms with Crippen LogP contribution in [0.3, 0.4) is 0 Å². The second kappa shape index (κ2) is 5.86. The van der Waals surface area contributed by atoms with E-state index < -0.39 is 0 Å². The first-order valence-electron chi connectivity index (χ1n) is 4.99. The quantitative estimate of drug-likeness (QED) is 0.701. The lowest BCUT2D eigenvalue weighted by atomic mass is 10.1. The summed E-state index contributed by atoms with van der Waals surface area (Å²) in [4.78, 5) is 0. The van der Waals surface area contributed by atoms with Crippen molar-refractivity contribution in [1.82, 2.24) is 0 Å². The zero-order chi connectivity index (χ0) is 11.3. The molecule has 1 aromatic carbocycles. The first-order valence-corrected chi connectivity index (χ1v) is 6.14. The summed E-state index contributed by atoms with van der Waals surface area (Å²) in [5.74, 6) is 2.98. The summed E-state index contributed by atoms with van der Waals surface area (Å²) in [7, 11) is 1.72. The predicted octanol–water partition coefficient (Wildman–Crippen LogP) is 3.81. The number of methoxy groups -OCH3 is 1. The minimum atomic E-state index is 0.981. The summed E-state index contributed by atoms with van der Waals surface area (Å²) < 4.78 is 5.32. The second-order valence-electron chi connectivity index (χ2n) is 3.77. The number of hydrogen-bond acceptors (Lipinski definition) is 2. The Morgan fingerprint density at radius 3 is 2.80 bits per heavy atom. The number of hydrogen-bond donors (Lipinski definition) is 0. The fourth-order valence-corrected chi connectivity index (χ4v) is 2.25. The highest BCUT2D eigenvalue weighted by atomic mass is 32.2. The lowest BCUT2D eigenvalue weighted by Crippen LogP contribution is -1.92. The lowest BCUT2D eigenvalue weighted by Gasteiger charge is -2.09. The van der Waals surface area contributed by atoms with Gasteiger partial charge in [0.1, 0.15) is 5.75 Å². The molecule has 2 heteroatoms. The largest absolute Gasteiger partial charge is 0.496 e. The van der Waals surface area contributed by atoms with E-state index in [4.69, 9.17) is 4.74 Å². The van der Waals surface area contributed by atoms with Crippen molar-refractivity contribution < 1.29 is 4.74 Å². The van der Waals surface area contributed by atoms with Crippen LogP contribution in [0.5, 0.6) is 5.75 Å². The van der Waals surface area contributed by atoms with Crippen molar-refractivity contribution in [3.05, 3.63) is 41.5 Å². The molecule has 0 radical (unpaired) electrons. The van der Waals surface area contributed by atoms with Crippen LogP contribution in [-0.2, 0) is 5.75 Å². The molecule has 0 aliphatic carbocycles. The maximum absolute atomic E-state index is 5.32. The number of aryl methyl sites for hydroxylation is 1. The molecule has 0 saturated heterocycles. The summed E-state index contributed by atoms with van der Waals surface area (Å²) in [5.41, 5.74) is 3.76. The van der Waals surface area contributed by atoms with E-state index >= 15 is 0 Å². The molecule has 0 spiro atoms. The number of thioether (sulfide) groups is 1. The van der Waals surface area contributed by atoms with E-state index in [0.717, 1.165) is 17.3 Å². The highest BCUT2D eigenvalue weighted by Crippen LogP contribution is 2.24. The molecule has 0 aromatic heterocycles. The average Bonchev–Trinajstić information content (AvgIpc) is 2.17. The van der Waals surface area contributed by atoms with Gasteiger partial charge in [-0.2, -0.15) is 11.8 Å². The molecule has 1 nitrogen and oxygen atoms in total. The lowest BCUT2D eigenvalue weighted by molar-refractivity contribution is 0.411. The van der Waals surface area contributed by atoms with Gasteiger partial charge in [-0.05, 0) is 19.9 Å². The van der Waals surface area contributed by atoms with E-state index in [0.29, 0.717) is 0 Å². The van der Waals surface area contributed by atoms with Crippen molar-refractivity contribution in [3.8, 4) is 5.75 Å². The van der Waals surface area contributed by atoms with Crippen LogP contribution in [0.2, 0.25) is 0 Å². The number of benzene rings is 1. The standard InChI is InChI=1S/C13H18OS/c1-10(2)8-15-9-12-7-11(3)5-6-13(12)14-4/h5-7H,1,8-9H2,2-4H3. The summed E-state index contributed by atoms with van der Waals surface area (Å²) in [5, 5.41) is 0. The zero-order valence-corrected chi connectivity index (χ0v) is 10.5. The zero-order valence-electron chi connectivity index (χ0n) is 9.67. The maximum Gasteiger partial charge on any atom is 0.122 e. The predicted molar refractivity (Wildman–Crippen MR) is 68.7 cm³/mol. The van der Waals surface area contributed by atoms with Gasteiger partial charge in [0, 0.05) is 17.1 Å². The van der Waals surface area contributed by atoms with Gasteiger partial charge in [-0.3, -0.25) is 0 Å². The highest BCUT2D eigenvalue weighted by molar-refractivity contribution is 7.98. The topological polar surface area (TPSA) is 9.23 Å². The third-order valence-corrected chi connectivity index (χ3v) is 3.25. The Morgan fingerprint density at radius 2 is 2.20 bits per heavy atom. The van der Waals surface area contributed by atoms with Gasteiger partial charge in [0.05, 0.1) is 7.11 Å². The minimum Gasteiger partial charge on any atom is -0.496 e. The van der Waals surface area contributed by atoms with Crippen LogP contribution in [0, 0.1) is 6.92 Å². The molecule has 0 fully saturated rings. The van der Waals surface area contributed by atoms with E-state index in [9.17, 15) is 0 Å². The van der Waals surface area contributed by atoms with E-state index in [1.54, 1.807) is 7.11 Å². The van der Waals surface area contributed by atoms with Crippen LogP contribution in [0.25, 0.3) is 0 Å². The van der Waals surface area contributed by atoms with Crippen LogP contribution < -0.4 is 4.74 Å². The van der Waals surface area contributed by atoms with Crippen LogP contribution in [0.4, 0.5) is 0 Å². The maximum atomic E-state index is 5.32. The highest BCUT2D eigenvalue weighted by Gasteiger charge is 2.02. The number of ether oxygens (including phenoxy) is 1. The Bertz CT molecular complexity index is 344. The van der Waals surface area contributed by atoms with Crippen molar-refractivity contribution >= 4 is 11.8 Å². The van der Waals surface area contributed by atoms with Crippen molar-refractivity contribution in [2.45, 2.75) is 19.6 Å². The molecule has 0 unspecified atom stereocenters.